The molecule has 18 heavy (non-hydrogen) atoms. The summed E-state index contributed by atoms with van der Waals surface area (Å²) in [6.07, 6.45) is 0. The maximum Gasteiger partial charge on any atom is 0.320 e. The summed E-state index contributed by atoms with van der Waals surface area (Å²) in [5.74, 6) is 0.682. The van der Waals surface area contributed by atoms with Crippen LogP contribution in [-0.2, 0) is 4.79 Å². The van der Waals surface area contributed by atoms with Gasteiger partial charge in [0.05, 0.1) is 6.61 Å². The normalized spacial score (nSPS) is 11.9. The van der Waals surface area contributed by atoms with Crippen LogP contribution in [0.2, 0.25) is 0 Å². The lowest BCUT2D eigenvalue weighted by Gasteiger charge is -2.10. The van der Waals surface area contributed by atoms with Crippen LogP contribution in [0, 0.1) is 0 Å². The van der Waals surface area contributed by atoms with Gasteiger partial charge in [-0.1, -0.05) is 0 Å². The van der Waals surface area contributed by atoms with E-state index < -0.39 is 12.0 Å². The van der Waals surface area contributed by atoms with E-state index in [0.29, 0.717) is 19.8 Å². The van der Waals surface area contributed by atoms with Gasteiger partial charge in [0.2, 0.25) is 0 Å². The van der Waals surface area contributed by atoms with Crippen LogP contribution in [0.1, 0.15) is 13.8 Å². The van der Waals surface area contributed by atoms with Crippen molar-refractivity contribution in [2.45, 2.75) is 19.9 Å². The molecule has 0 aliphatic rings. The summed E-state index contributed by atoms with van der Waals surface area (Å²) in [4.78, 5) is 10.5. The number of carboxylic acid groups (broad SMARTS) is 1. The van der Waals surface area contributed by atoms with E-state index >= 15 is 0 Å². The Morgan fingerprint density at radius 1 is 1.28 bits per heavy atom. The van der Waals surface area contributed by atoms with Gasteiger partial charge in [-0.3, -0.25) is 4.79 Å². The predicted molar refractivity (Wildman–Crippen MR) is 68.2 cm³/mol. The molecule has 5 nitrogen and oxygen atoms in total. The fourth-order valence-corrected chi connectivity index (χ4v) is 1.33. The van der Waals surface area contributed by atoms with Crippen molar-refractivity contribution in [1.82, 2.24) is 5.32 Å². The van der Waals surface area contributed by atoms with Gasteiger partial charge >= 0.3 is 5.97 Å². The largest absolute Gasteiger partial charge is 0.494 e. The zero-order valence-corrected chi connectivity index (χ0v) is 10.7. The molecule has 0 spiro atoms. The van der Waals surface area contributed by atoms with Gasteiger partial charge in [-0.15, -0.1) is 0 Å². The molecular weight excluding hydrogens is 234 g/mol. The van der Waals surface area contributed by atoms with Crippen LogP contribution in [0.3, 0.4) is 0 Å². The maximum absolute atomic E-state index is 10.5. The lowest BCUT2D eigenvalue weighted by molar-refractivity contribution is -0.139. The van der Waals surface area contributed by atoms with Crippen molar-refractivity contribution >= 4 is 5.97 Å². The van der Waals surface area contributed by atoms with E-state index in [1.54, 1.807) is 6.92 Å². The molecule has 0 saturated carbocycles. The summed E-state index contributed by atoms with van der Waals surface area (Å²) in [6.45, 7) is 5.07. The third kappa shape index (κ3) is 5.05. The molecule has 0 fully saturated rings. The number of carboxylic acids is 1. The van der Waals surface area contributed by atoms with Crippen LogP contribution in [0.25, 0.3) is 0 Å². The van der Waals surface area contributed by atoms with Crippen LogP contribution in [0.4, 0.5) is 0 Å². The Balaban J connectivity index is 2.25. The summed E-state index contributed by atoms with van der Waals surface area (Å²) >= 11 is 0. The molecule has 1 aromatic rings. The van der Waals surface area contributed by atoms with Crippen LogP contribution in [0.5, 0.6) is 11.5 Å². The van der Waals surface area contributed by atoms with Crippen molar-refractivity contribution < 1.29 is 19.4 Å². The first-order valence-corrected chi connectivity index (χ1v) is 5.95. The second kappa shape index (κ2) is 7.55. The summed E-state index contributed by atoms with van der Waals surface area (Å²) in [5, 5.41) is 11.5. The smallest absolute Gasteiger partial charge is 0.320 e. The Morgan fingerprint density at radius 2 is 1.83 bits per heavy atom. The summed E-state index contributed by atoms with van der Waals surface area (Å²) in [6, 6.07) is 6.77. The number of hydrogen-bond donors (Lipinski definition) is 2. The minimum Gasteiger partial charge on any atom is -0.494 e. The highest BCUT2D eigenvalue weighted by Gasteiger charge is 2.08. The van der Waals surface area contributed by atoms with Crippen molar-refractivity contribution in [2.75, 3.05) is 19.8 Å². The number of hydrogen-bond acceptors (Lipinski definition) is 4. The van der Waals surface area contributed by atoms with Crippen molar-refractivity contribution in [3.8, 4) is 11.5 Å². The number of rotatable bonds is 8. The minimum atomic E-state index is -0.865. The molecule has 0 aliphatic heterocycles. The highest BCUT2D eigenvalue weighted by atomic mass is 16.5. The molecule has 2 N–H and O–H groups in total. The molecule has 0 aromatic heterocycles. The maximum atomic E-state index is 10.5. The van der Waals surface area contributed by atoms with Gasteiger partial charge in [-0.25, -0.2) is 0 Å². The molecular formula is C13H19NO4. The van der Waals surface area contributed by atoms with E-state index in [-0.39, 0.29) is 0 Å². The Morgan fingerprint density at radius 3 is 2.33 bits per heavy atom. The molecule has 1 atom stereocenters. The first-order valence-electron chi connectivity index (χ1n) is 5.95. The Bertz CT molecular complexity index is 364. The Kier molecular flexibility index (Phi) is 6.00. The quantitative estimate of drug-likeness (QED) is 0.688. The lowest BCUT2D eigenvalue weighted by atomic mass is 10.3. The van der Waals surface area contributed by atoms with E-state index in [4.69, 9.17) is 14.6 Å². The van der Waals surface area contributed by atoms with Crippen LogP contribution < -0.4 is 14.8 Å². The van der Waals surface area contributed by atoms with E-state index in [1.807, 2.05) is 31.2 Å². The Hall–Kier alpha value is -1.75. The third-order valence-corrected chi connectivity index (χ3v) is 2.33. The number of aliphatic carboxylic acids is 1. The molecule has 0 saturated heterocycles. The molecule has 0 heterocycles. The zero-order valence-electron chi connectivity index (χ0n) is 10.7. The van der Waals surface area contributed by atoms with Crippen molar-refractivity contribution in [3.63, 3.8) is 0 Å². The van der Waals surface area contributed by atoms with Gasteiger partial charge in [0.15, 0.2) is 0 Å². The van der Waals surface area contributed by atoms with Crippen molar-refractivity contribution in [2.24, 2.45) is 0 Å². The molecule has 0 bridgehead atoms. The zero-order chi connectivity index (χ0) is 13.4. The van der Waals surface area contributed by atoms with Crippen molar-refractivity contribution in [3.05, 3.63) is 24.3 Å². The lowest BCUT2D eigenvalue weighted by Crippen LogP contribution is -2.36. The number of ether oxygens (including phenoxy) is 2. The average molecular weight is 253 g/mol. The third-order valence-electron chi connectivity index (χ3n) is 2.33. The van der Waals surface area contributed by atoms with Crippen LogP contribution >= 0.6 is 0 Å². The predicted octanol–water partition coefficient (Wildman–Crippen LogP) is 1.53. The average Bonchev–Trinajstić information content (AvgIpc) is 2.36. The summed E-state index contributed by atoms with van der Waals surface area (Å²) < 4.78 is 10.8. The minimum absolute atomic E-state index is 0.422. The SMILES string of the molecule is CCOc1ccc(OCCNC(C)C(=O)O)cc1. The summed E-state index contributed by atoms with van der Waals surface area (Å²) in [5.41, 5.74) is 0. The molecule has 1 rings (SSSR count). The molecule has 0 radical (unpaired) electrons. The molecule has 0 aliphatic carbocycles. The Labute approximate surface area is 107 Å². The van der Waals surface area contributed by atoms with E-state index in [2.05, 4.69) is 5.32 Å². The highest BCUT2D eigenvalue weighted by Crippen LogP contribution is 2.17. The fraction of sp³-hybridized carbons (Fsp3) is 0.462. The number of carbonyl (C=O) groups is 1. The molecule has 1 aromatic carbocycles. The van der Waals surface area contributed by atoms with Gasteiger partial charge in [0, 0.05) is 6.54 Å². The van der Waals surface area contributed by atoms with Gasteiger partial charge in [-0.2, -0.15) is 0 Å². The van der Waals surface area contributed by atoms with Gasteiger partial charge < -0.3 is 19.9 Å². The molecule has 0 amide bonds. The fourth-order valence-electron chi connectivity index (χ4n) is 1.33. The first kappa shape index (κ1) is 14.3. The second-order valence-electron chi connectivity index (χ2n) is 3.77. The second-order valence-corrected chi connectivity index (χ2v) is 3.77. The number of nitrogens with one attached hydrogen (secondary N) is 1. The number of benzene rings is 1. The molecule has 5 heteroatoms. The highest BCUT2D eigenvalue weighted by molar-refractivity contribution is 5.72. The standard InChI is InChI=1S/C13H19NO4/c1-3-17-11-4-6-12(7-5-11)18-9-8-14-10(2)13(15)16/h4-7,10,14H,3,8-9H2,1-2H3,(H,15,16). The topological polar surface area (TPSA) is 67.8 Å². The van der Waals surface area contributed by atoms with E-state index in [0.717, 1.165) is 11.5 Å². The van der Waals surface area contributed by atoms with Gasteiger partial charge in [0.1, 0.15) is 24.1 Å². The van der Waals surface area contributed by atoms with Crippen LogP contribution in [-0.4, -0.2) is 36.9 Å². The van der Waals surface area contributed by atoms with Gasteiger partial charge in [-0.05, 0) is 38.1 Å². The first-order chi connectivity index (χ1) is 8.63. The van der Waals surface area contributed by atoms with E-state index in [9.17, 15) is 4.79 Å². The summed E-state index contributed by atoms with van der Waals surface area (Å²) in [7, 11) is 0. The molecule has 100 valence electrons. The van der Waals surface area contributed by atoms with Crippen molar-refractivity contribution in [1.29, 1.82) is 0 Å². The molecule has 1 unspecified atom stereocenters. The van der Waals surface area contributed by atoms with Gasteiger partial charge in [0.25, 0.3) is 0 Å². The van der Waals surface area contributed by atoms with Crippen LogP contribution in [0.15, 0.2) is 24.3 Å². The monoisotopic (exact) mass is 253 g/mol. The van der Waals surface area contributed by atoms with E-state index in [1.165, 1.54) is 0 Å².